The van der Waals surface area contributed by atoms with Gasteiger partial charge in [-0.2, -0.15) is 0 Å². The highest BCUT2D eigenvalue weighted by Gasteiger charge is 2.06. The van der Waals surface area contributed by atoms with Crippen molar-refractivity contribution in [2.24, 2.45) is 11.8 Å². The van der Waals surface area contributed by atoms with E-state index in [2.05, 4.69) is 37.5 Å². The fraction of sp³-hybridized carbons (Fsp3) is 0.762. The Bertz CT molecular complexity index is 393. The zero-order valence-electron chi connectivity index (χ0n) is 16.0. The summed E-state index contributed by atoms with van der Waals surface area (Å²) in [4.78, 5) is 11.5. The van der Waals surface area contributed by atoms with E-state index in [9.17, 15) is 4.79 Å². The van der Waals surface area contributed by atoms with Crippen LogP contribution in [0.25, 0.3) is 0 Å². The molecular weight excluding hydrogens is 300 g/mol. The van der Waals surface area contributed by atoms with Crippen LogP contribution in [0.3, 0.4) is 0 Å². The summed E-state index contributed by atoms with van der Waals surface area (Å²) in [5, 5.41) is 0. The van der Waals surface area contributed by atoms with Gasteiger partial charge in [-0.15, -0.1) is 23.7 Å². The molecule has 3 nitrogen and oxygen atoms in total. The largest absolute Gasteiger partial charge is 0.508 e. The van der Waals surface area contributed by atoms with Crippen molar-refractivity contribution in [2.75, 3.05) is 13.2 Å². The first kappa shape index (κ1) is 22.4. The summed E-state index contributed by atoms with van der Waals surface area (Å²) in [6, 6.07) is 0. The van der Waals surface area contributed by atoms with Gasteiger partial charge in [-0.3, -0.25) is 0 Å². The standard InChI is InChI=1S/C21H34O3/c1-5-7-9-11-13-19(3)15-17-23-21(22)24-18-16-20(4)14-12-10-8-6-2/h19-20H,5-10,15-18H2,1-4H3. The topological polar surface area (TPSA) is 35.5 Å². The molecule has 0 saturated carbocycles. The number of hydrogen-bond donors (Lipinski definition) is 0. The van der Waals surface area contributed by atoms with Crippen LogP contribution < -0.4 is 0 Å². The van der Waals surface area contributed by atoms with E-state index in [1.54, 1.807) is 0 Å². The lowest BCUT2D eigenvalue weighted by molar-refractivity contribution is 0.0511. The van der Waals surface area contributed by atoms with Gasteiger partial charge in [0.05, 0.1) is 13.2 Å². The second-order valence-electron chi connectivity index (χ2n) is 6.18. The molecule has 0 N–H and O–H groups in total. The van der Waals surface area contributed by atoms with Crippen molar-refractivity contribution in [1.82, 2.24) is 0 Å². The van der Waals surface area contributed by atoms with Crippen LogP contribution in [0.15, 0.2) is 0 Å². The minimum atomic E-state index is -0.590. The molecule has 0 aromatic rings. The fourth-order valence-electron chi connectivity index (χ4n) is 1.85. The molecule has 3 heteroatoms. The molecule has 0 aliphatic heterocycles. The second-order valence-corrected chi connectivity index (χ2v) is 6.18. The quantitative estimate of drug-likeness (QED) is 0.297. The predicted octanol–water partition coefficient (Wildman–Crippen LogP) is 5.58. The zero-order valence-corrected chi connectivity index (χ0v) is 16.0. The Morgan fingerprint density at radius 2 is 1.25 bits per heavy atom. The van der Waals surface area contributed by atoms with Crippen LogP contribution >= 0.6 is 0 Å². The van der Waals surface area contributed by atoms with Crippen LogP contribution in [-0.4, -0.2) is 19.4 Å². The van der Waals surface area contributed by atoms with Gasteiger partial charge in [-0.25, -0.2) is 4.79 Å². The fourth-order valence-corrected chi connectivity index (χ4v) is 1.85. The van der Waals surface area contributed by atoms with Gasteiger partial charge < -0.3 is 9.47 Å². The lowest BCUT2D eigenvalue weighted by Crippen LogP contribution is -2.12. The molecule has 0 aromatic carbocycles. The molecule has 2 atom stereocenters. The molecule has 2 unspecified atom stereocenters. The number of carbonyl (C=O) groups excluding carboxylic acids is 1. The number of rotatable bonds is 10. The van der Waals surface area contributed by atoms with Crippen molar-refractivity contribution in [1.29, 1.82) is 0 Å². The number of hydrogen-bond acceptors (Lipinski definition) is 3. The Kier molecular flexibility index (Phi) is 15.2. The molecule has 0 amide bonds. The molecule has 0 rings (SSSR count). The maximum absolute atomic E-state index is 11.5. The Labute approximate surface area is 148 Å². The minimum Gasteiger partial charge on any atom is -0.434 e. The molecular formula is C21H34O3. The highest BCUT2D eigenvalue weighted by molar-refractivity contribution is 5.59. The molecule has 24 heavy (non-hydrogen) atoms. The maximum atomic E-state index is 11.5. The van der Waals surface area contributed by atoms with Crippen molar-refractivity contribution in [3.05, 3.63) is 0 Å². The molecule has 0 spiro atoms. The predicted molar refractivity (Wildman–Crippen MR) is 99.5 cm³/mol. The van der Waals surface area contributed by atoms with Crippen LogP contribution in [0.4, 0.5) is 4.79 Å². The summed E-state index contributed by atoms with van der Waals surface area (Å²) in [6.07, 6.45) is 7.41. The van der Waals surface area contributed by atoms with E-state index in [0.717, 1.165) is 38.5 Å². The molecule has 0 bridgehead atoms. The summed E-state index contributed by atoms with van der Waals surface area (Å²) in [5.41, 5.74) is 0. The maximum Gasteiger partial charge on any atom is 0.508 e. The molecule has 0 saturated heterocycles. The van der Waals surface area contributed by atoms with E-state index in [0.29, 0.717) is 13.2 Å². The van der Waals surface area contributed by atoms with Crippen molar-refractivity contribution in [2.45, 2.75) is 79.1 Å². The summed E-state index contributed by atoms with van der Waals surface area (Å²) in [5.74, 6) is 13.2. The van der Waals surface area contributed by atoms with Gasteiger partial charge in [-0.1, -0.05) is 40.5 Å². The third kappa shape index (κ3) is 15.3. The van der Waals surface area contributed by atoms with E-state index in [-0.39, 0.29) is 11.8 Å². The SMILES string of the molecule is CCCCC#CC(C)CCOC(=O)OCCC(C)C#CCCCC. The lowest BCUT2D eigenvalue weighted by atomic mass is 10.1. The van der Waals surface area contributed by atoms with E-state index >= 15 is 0 Å². The van der Waals surface area contributed by atoms with Crippen molar-refractivity contribution in [3.63, 3.8) is 0 Å². The molecule has 0 aliphatic carbocycles. The first-order chi connectivity index (χ1) is 11.6. The van der Waals surface area contributed by atoms with Gasteiger partial charge >= 0.3 is 6.16 Å². The minimum absolute atomic E-state index is 0.244. The van der Waals surface area contributed by atoms with E-state index in [1.165, 1.54) is 12.8 Å². The summed E-state index contributed by atoms with van der Waals surface area (Å²) < 4.78 is 10.1. The monoisotopic (exact) mass is 334 g/mol. The first-order valence-corrected chi connectivity index (χ1v) is 9.36. The van der Waals surface area contributed by atoms with E-state index in [1.807, 2.05) is 13.8 Å². The Morgan fingerprint density at radius 1 is 0.833 bits per heavy atom. The van der Waals surface area contributed by atoms with Crippen LogP contribution in [0.1, 0.15) is 79.1 Å². The molecule has 0 fully saturated rings. The van der Waals surface area contributed by atoms with Crippen LogP contribution in [-0.2, 0) is 9.47 Å². The normalized spacial score (nSPS) is 12.2. The third-order valence-electron chi connectivity index (χ3n) is 3.55. The van der Waals surface area contributed by atoms with Gasteiger partial charge in [0.2, 0.25) is 0 Å². The molecule has 0 aliphatic rings. The Balaban J connectivity index is 3.67. The van der Waals surface area contributed by atoms with Gasteiger partial charge in [0.15, 0.2) is 0 Å². The van der Waals surface area contributed by atoms with E-state index < -0.39 is 6.16 Å². The molecule has 0 aromatic heterocycles. The van der Waals surface area contributed by atoms with Crippen molar-refractivity contribution < 1.29 is 14.3 Å². The van der Waals surface area contributed by atoms with Gasteiger partial charge in [0, 0.05) is 24.7 Å². The number of carbonyl (C=O) groups is 1. The first-order valence-electron chi connectivity index (χ1n) is 9.36. The Morgan fingerprint density at radius 3 is 1.62 bits per heavy atom. The molecule has 0 heterocycles. The molecule has 0 radical (unpaired) electrons. The average Bonchev–Trinajstić information content (AvgIpc) is 2.55. The highest BCUT2D eigenvalue weighted by atomic mass is 16.7. The van der Waals surface area contributed by atoms with Gasteiger partial charge in [0.25, 0.3) is 0 Å². The number of unbranched alkanes of at least 4 members (excludes halogenated alkanes) is 4. The van der Waals surface area contributed by atoms with Crippen molar-refractivity contribution >= 4 is 6.16 Å². The average molecular weight is 335 g/mol. The molecule has 136 valence electrons. The smallest absolute Gasteiger partial charge is 0.434 e. The summed E-state index contributed by atoms with van der Waals surface area (Å²) in [6.45, 7) is 9.12. The number of ether oxygens (including phenoxy) is 2. The lowest BCUT2D eigenvalue weighted by Gasteiger charge is -2.08. The van der Waals surface area contributed by atoms with E-state index in [4.69, 9.17) is 9.47 Å². The third-order valence-corrected chi connectivity index (χ3v) is 3.55. The van der Waals surface area contributed by atoms with Crippen molar-refractivity contribution in [3.8, 4) is 23.7 Å². The van der Waals surface area contributed by atoms with Crippen LogP contribution in [0.2, 0.25) is 0 Å². The summed E-state index contributed by atoms with van der Waals surface area (Å²) in [7, 11) is 0. The highest BCUT2D eigenvalue weighted by Crippen LogP contribution is 2.04. The Hall–Kier alpha value is -1.61. The van der Waals surface area contributed by atoms with Crippen LogP contribution in [0, 0.1) is 35.5 Å². The zero-order chi connectivity index (χ0) is 18.0. The van der Waals surface area contributed by atoms with Crippen LogP contribution in [0.5, 0.6) is 0 Å². The van der Waals surface area contributed by atoms with Gasteiger partial charge in [-0.05, 0) is 25.7 Å². The summed E-state index contributed by atoms with van der Waals surface area (Å²) >= 11 is 0. The second kappa shape index (κ2) is 16.3. The van der Waals surface area contributed by atoms with Gasteiger partial charge in [0.1, 0.15) is 0 Å².